The molecule has 102 valence electrons. The number of rotatable bonds is 1. The van der Waals surface area contributed by atoms with Crippen LogP contribution in [-0.2, 0) is 0 Å². The molecule has 0 saturated carbocycles. The zero-order valence-electron chi connectivity index (χ0n) is 11.8. The van der Waals surface area contributed by atoms with E-state index in [2.05, 4.69) is 36.7 Å². The summed E-state index contributed by atoms with van der Waals surface area (Å²) in [6.07, 6.45) is 3.96. The van der Waals surface area contributed by atoms with Crippen LogP contribution in [0.2, 0.25) is 5.02 Å². The van der Waals surface area contributed by atoms with Gasteiger partial charge in [-0.05, 0) is 30.2 Å². The highest BCUT2D eigenvalue weighted by Crippen LogP contribution is 2.36. The minimum atomic E-state index is 0.359. The summed E-state index contributed by atoms with van der Waals surface area (Å²) in [6.45, 7) is 8.83. The fraction of sp³-hybridized carbons (Fsp3) is 0.600. The molecule has 1 aromatic rings. The van der Waals surface area contributed by atoms with Crippen molar-refractivity contribution in [1.82, 2.24) is 4.98 Å². The van der Waals surface area contributed by atoms with E-state index in [1.165, 1.54) is 0 Å². The van der Waals surface area contributed by atoms with Crippen molar-refractivity contribution in [2.45, 2.75) is 33.6 Å². The second-order valence-corrected chi connectivity index (χ2v) is 6.61. The summed E-state index contributed by atoms with van der Waals surface area (Å²) in [6, 6.07) is 3.77. The van der Waals surface area contributed by atoms with E-state index in [0.717, 1.165) is 37.7 Å². The number of hydrogen-bond acceptors (Lipinski definition) is 3. The van der Waals surface area contributed by atoms with Crippen LogP contribution >= 0.6 is 11.6 Å². The quantitative estimate of drug-likeness (QED) is 0.782. The van der Waals surface area contributed by atoms with Crippen LogP contribution in [0.25, 0.3) is 0 Å². The monoisotopic (exact) mass is 277 g/mol. The third-order valence-electron chi connectivity index (χ3n) is 4.01. The van der Waals surface area contributed by atoms with Crippen LogP contribution in [0.1, 0.15) is 39.2 Å². The van der Waals surface area contributed by atoms with Crippen molar-refractivity contribution in [3.63, 3.8) is 0 Å². The molecule has 19 heavy (non-hydrogen) atoms. The lowest BCUT2D eigenvalue weighted by molar-refractivity contribution is 0.198. The number of hydrogen-bond donors (Lipinski definition) is 0. The van der Waals surface area contributed by atoms with Gasteiger partial charge in [-0.2, -0.15) is 5.26 Å². The van der Waals surface area contributed by atoms with Crippen LogP contribution in [0.3, 0.4) is 0 Å². The summed E-state index contributed by atoms with van der Waals surface area (Å²) in [5.74, 6) is 1.50. The number of pyridine rings is 1. The normalized spacial score (nSPS) is 17.3. The van der Waals surface area contributed by atoms with Gasteiger partial charge in [-0.25, -0.2) is 4.98 Å². The van der Waals surface area contributed by atoms with Crippen molar-refractivity contribution in [1.29, 1.82) is 5.26 Å². The van der Waals surface area contributed by atoms with Crippen LogP contribution in [0.15, 0.2) is 12.3 Å². The summed E-state index contributed by atoms with van der Waals surface area (Å²) < 4.78 is 0. The van der Waals surface area contributed by atoms with Crippen LogP contribution in [-0.4, -0.2) is 18.1 Å². The first-order chi connectivity index (χ1) is 8.93. The summed E-state index contributed by atoms with van der Waals surface area (Å²) in [5, 5.41) is 9.49. The van der Waals surface area contributed by atoms with Gasteiger partial charge in [-0.1, -0.05) is 32.4 Å². The lowest BCUT2D eigenvalue weighted by atomic mass is 9.75. The molecule has 0 atom stereocenters. The highest BCUT2D eigenvalue weighted by molar-refractivity contribution is 6.34. The first kappa shape index (κ1) is 14.1. The molecule has 0 unspecified atom stereocenters. The van der Waals surface area contributed by atoms with Gasteiger partial charge in [0.2, 0.25) is 0 Å². The largest absolute Gasteiger partial charge is 0.355 e. The Kier molecular flexibility index (Phi) is 4.01. The van der Waals surface area contributed by atoms with Gasteiger partial charge in [-0.15, -0.1) is 0 Å². The molecule has 1 aliphatic rings. The minimum absolute atomic E-state index is 0.359. The molecule has 3 nitrogen and oxygen atoms in total. The molecule has 0 spiro atoms. The molecular formula is C15H20ClN3. The minimum Gasteiger partial charge on any atom is -0.355 e. The zero-order chi connectivity index (χ0) is 14.0. The molecule has 0 radical (unpaired) electrons. The van der Waals surface area contributed by atoms with Crippen LogP contribution in [0, 0.1) is 22.7 Å². The molecule has 2 heterocycles. The second-order valence-electron chi connectivity index (χ2n) is 6.24. The number of nitriles is 1. The molecule has 1 aliphatic heterocycles. The van der Waals surface area contributed by atoms with Gasteiger partial charge in [0.15, 0.2) is 0 Å². The van der Waals surface area contributed by atoms with E-state index in [1.807, 2.05) is 0 Å². The Hall–Kier alpha value is -1.27. The highest BCUT2D eigenvalue weighted by Gasteiger charge is 2.29. The van der Waals surface area contributed by atoms with Crippen molar-refractivity contribution < 1.29 is 0 Å². The fourth-order valence-corrected chi connectivity index (χ4v) is 2.97. The number of aromatic nitrogens is 1. The van der Waals surface area contributed by atoms with E-state index in [-0.39, 0.29) is 0 Å². The fourth-order valence-electron chi connectivity index (χ4n) is 2.70. The summed E-state index contributed by atoms with van der Waals surface area (Å²) in [4.78, 5) is 6.54. The maximum absolute atomic E-state index is 9.01. The predicted molar refractivity (Wildman–Crippen MR) is 78.4 cm³/mol. The number of halogens is 1. The Balaban J connectivity index is 2.13. The first-order valence-corrected chi connectivity index (χ1v) is 7.11. The third-order valence-corrected chi connectivity index (χ3v) is 4.38. The molecule has 1 fully saturated rings. The van der Waals surface area contributed by atoms with E-state index >= 15 is 0 Å². The average Bonchev–Trinajstić information content (AvgIpc) is 2.38. The molecule has 1 saturated heterocycles. The molecule has 0 N–H and O–H groups in total. The molecular weight excluding hydrogens is 258 g/mol. The topological polar surface area (TPSA) is 39.9 Å². The van der Waals surface area contributed by atoms with Gasteiger partial charge in [0.1, 0.15) is 16.9 Å². The van der Waals surface area contributed by atoms with Crippen LogP contribution in [0.5, 0.6) is 0 Å². The smallest absolute Gasteiger partial charge is 0.148 e. The maximum atomic E-state index is 9.01. The van der Waals surface area contributed by atoms with Crippen LogP contribution < -0.4 is 4.90 Å². The van der Waals surface area contributed by atoms with E-state index in [4.69, 9.17) is 16.9 Å². The summed E-state index contributed by atoms with van der Waals surface area (Å²) in [7, 11) is 0. The molecule has 4 heteroatoms. The summed E-state index contributed by atoms with van der Waals surface area (Å²) >= 11 is 6.24. The summed E-state index contributed by atoms with van der Waals surface area (Å²) in [5.41, 5.74) is 0.863. The molecule has 0 bridgehead atoms. The maximum Gasteiger partial charge on any atom is 0.148 e. The van der Waals surface area contributed by atoms with E-state index in [9.17, 15) is 0 Å². The Morgan fingerprint density at radius 3 is 2.53 bits per heavy atom. The first-order valence-electron chi connectivity index (χ1n) is 6.73. The zero-order valence-corrected chi connectivity index (χ0v) is 12.5. The Morgan fingerprint density at radius 1 is 1.37 bits per heavy atom. The van der Waals surface area contributed by atoms with Gasteiger partial charge in [-0.3, -0.25) is 0 Å². The molecule has 2 rings (SSSR count). The lowest BCUT2D eigenvalue weighted by Gasteiger charge is -2.39. The molecule has 0 aliphatic carbocycles. The van der Waals surface area contributed by atoms with E-state index in [1.54, 1.807) is 12.3 Å². The average molecular weight is 278 g/mol. The predicted octanol–water partition coefficient (Wildman–Crippen LogP) is 3.87. The van der Waals surface area contributed by atoms with Crippen molar-refractivity contribution >= 4 is 17.4 Å². The van der Waals surface area contributed by atoms with Gasteiger partial charge in [0, 0.05) is 19.3 Å². The van der Waals surface area contributed by atoms with Gasteiger partial charge in [0.05, 0.1) is 5.56 Å². The SMILES string of the molecule is CC(C)(C)C1CCN(c2nccc(C#N)c2Cl)CC1. The van der Waals surface area contributed by atoms with E-state index < -0.39 is 0 Å². The van der Waals surface area contributed by atoms with Crippen LogP contribution in [0.4, 0.5) is 5.82 Å². The standard InChI is InChI=1S/C15H20ClN3/c1-15(2,3)12-5-8-19(9-6-12)14-13(16)11(10-17)4-7-18-14/h4,7,12H,5-6,8-9H2,1-3H3. The molecule has 1 aromatic heterocycles. The van der Waals surface area contributed by atoms with Crippen molar-refractivity contribution in [3.05, 3.63) is 22.8 Å². The van der Waals surface area contributed by atoms with Crippen molar-refractivity contribution in [3.8, 4) is 6.07 Å². The number of nitrogens with zero attached hydrogens (tertiary/aromatic N) is 3. The van der Waals surface area contributed by atoms with Gasteiger partial charge in [0.25, 0.3) is 0 Å². The molecule has 0 aromatic carbocycles. The molecule has 0 amide bonds. The number of anilines is 1. The van der Waals surface area contributed by atoms with Gasteiger partial charge < -0.3 is 4.90 Å². The lowest BCUT2D eigenvalue weighted by Crippen LogP contribution is -2.38. The van der Waals surface area contributed by atoms with Gasteiger partial charge >= 0.3 is 0 Å². The Labute approximate surface area is 120 Å². The Bertz CT molecular complexity index is 491. The highest BCUT2D eigenvalue weighted by atomic mass is 35.5. The number of piperidine rings is 1. The third kappa shape index (κ3) is 3.01. The van der Waals surface area contributed by atoms with Crippen molar-refractivity contribution in [2.75, 3.05) is 18.0 Å². The van der Waals surface area contributed by atoms with Crippen molar-refractivity contribution in [2.24, 2.45) is 11.3 Å². The Morgan fingerprint density at radius 2 is 2.00 bits per heavy atom. The second kappa shape index (κ2) is 5.38. The van der Waals surface area contributed by atoms with E-state index in [0.29, 0.717) is 16.0 Å².